The maximum Gasteiger partial charge on any atom is 0.371 e. The van der Waals surface area contributed by atoms with Crippen LogP contribution in [0, 0.1) is 0 Å². The average molecular weight is 253 g/mol. The SMILES string of the molecule is CC(NN1CCN(C)CC1)c1ccc(C(=O)O)o1. The van der Waals surface area contributed by atoms with E-state index in [0.29, 0.717) is 5.76 Å². The first kappa shape index (κ1) is 13.1. The molecule has 1 unspecified atom stereocenters. The molecular formula is C12H19N3O3. The smallest absolute Gasteiger partial charge is 0.371 e. The summed E-state index contributed by atoms with van der Waals surface area (Å²) in [6.45, 7) is 5.92. The monoisotopic (exact) mass is 253 g/mol. The van der Waals surface area contributed by atoms with E-state index in [0.717, 1.165) is 26.2 Å². The van der Waals surface area contributed by atoms with E-state index < -0.39 is 5.97 Å². The number of piperazine rings is 1. The van der Waals surface area contributed by atoms with Crippen molar-refractivity contribution in [2.75, 3.05) is 33.2 Å². The van der Waals surface area contributed by atoms with Crippen LogP contribution >= 0.6 is 0 Å². The zero-order valence-electron chi connectivity index (χ0n) is 10.7. The average Bonchev–Trinajstić information content (AvgIpc) is 2.81. The number of nitrogens with zero attached hydrogens (tertiary/aromatic N) is 2. The minimum Gasteiger partial charge on any atom is -0.475 e. The van der Waals surface area contributed by atoms with Crippen molar-refractivity contribution in [3.05, 3.63) is 23.7 Å². The number of carbonyl (C=O) groups is 1. The Bertz CT molecular complexity index is 410. The maximum atomic E-state index is 10.7. The lowest BCUT2D eigenvalue weighted by molar-refractivity contribution is 0.0650. The van der Waals surface area contributed by atoms with Crippen LogP contribution in [0.3, 0.4) is 0 Å². The normalized spacial score (nSPS) is 19.9. The summed E-state index contributed by atoms with van der Waals surface area (Å²) in [5.74, 6) is -0.406. The summed E-state index contributed by atoms with van der Waals surface area (Å²) >= 11 is 0. The van der Waals surface area contributed by atoms with Gasteiger partial charge in [0.1, 0.15) is 5.76 Å². The fourth-order valence-electron chi connectivity index (χ4n) is 1.97. The van der Waals surface area contributed by atoms with Crippen LogP contribution in [0.25, 0.3) is 0 Å². The van der Waals surface area contributed by atoms with Crippen molar-refractivity contribution in [3.8, 4) is 0 Å². The van der Waals surface area contributed by atoms with Gasteiger partial charge in [0.2, 0.25) is 5.76 Å². The van der Waals surface area contributed by atoms with Gasteiger partial charge in [0.05, 0.1) is 6.04 Å². The summed E-state index contributed by atoms with van der Waals surface area (Å²) in [7, 11) is 2.10. The number of aromatic carboxylic acids is 1. The van der Waals surface area contributed by atoms with Crippen molar-refractivity contribution in [1.29, 1.82) is 0 Å². The van der Waals surface area contributed by atoms with E-state index >= 15 is 0 Å². The molecule has 1 aromatic rings. The van der Waals surface area contributed by atoms with Gasteiger partial charge in [0.15, 0.2) is 0 Å². The van der Waals surface area contributed by atoms with E-state index in [4.69, 9.17) is 9.52 Å². The quantitative estimate of drug-likeness (QED) is 0.827. The van der Waals surface area contributed by atoms with Gasteiger partial charge in [-0.1, -0.05) is 0 Å². The van der Waals surface area contributed by atoms with Crippen LogP contribution in [0.4, 0.5) is 0 Å². The van der Waals surface area contributed by atoms with Crippen molar-refractivity contribution in [3.63, 3.8) is 0 Å². The Balaban J connectivity index is 1.90. The third kappa shape index (κ3) is 3.10. The fourth-order valence-corrected chi connectivity index (χ4v) is 1.97. The summed E-state index contributed by atoms with van der Waals surface area (Å²) < 4.78 is 5.27. The van der Waals surface area contributed by atoms with Crippen molar-refractivity contribution in [2.45, 2.75) is 13.0 Å². The van der Waals surface area contributed by atoms with Gasteiger partial charge >= 0.3 is 5.97 Å². The zero-order valence-corrected chi connectivity index (χ0v) is 10.7. The predicted molar refractivity (Wildman–Crippen MR) is 66.3 cm³/mol. The van der Waals surface area contributed by atoms with E-state index in [2.05, 4.69) is 22.4 Å². The Morgan fingerprint density at radius 1 is 1.39 bits per heavy atom. The fraction of sp³-hybridized carbons (Fsp3) is 0.583. The number of nitrogens with one attached hydrogen (secondary N) is 1. The van der Waals surface area contributed by atoms with Crippen LogP contribution < -0.4 is 5.43 Å². The van der Waals surface area contributed by atoms with Crippen LogP contribution in [0.15, 0.2) is 16.5 Å². The number of rotatable bonds is 4. The van der Waals surface area contributed by atoms with E-state index in [1.807, 2.05) is 6.92 Å². The summed E-state index contributed by atoms with van der Waals surface area (Å²) in [6.07, 6.45) is 0. The molecule has 0 spiro atoms. The molecule has 1 aliphatic rings. The standard InChI is InChI=1S/C12H19N3O3/c1-9(10-3-4-11(18-10)12(16)17)13-15-7-5-14(2)6-8-15/h3-4,9,13H,5-8H2,1-2H3,(H,16,17). The number of hydrogen-bond acceptors (Lipinski definition) is 5. The number of furan rings is 1. The van der Waals surface area contributed by atoms with E-state index in [9.17, 15) is 4.79 Å². The van der Waals surface area contributed by atoms with E-state index in [1.54, 1.807) is 6.07 Å². The molecule has 1 aliphatic heterocycles. The molecule has 2 rings (SSSR count). The lowest BCUT2D eigenvalue weighted by Gasteiger charge is -2.34. The number of hydrazine groups is 1. The molecular weight excluding hydrogens is 234 g/mol. The largest absolute Gasteiger partial charge is 0.475 e. The topological polar surface area (TPSA) is 69.0 Å². The Kier molecular flexibility index (Phi) is 4.00. The van der Waals surface area contributed by atoms with Gasteiger partial charge in [-0.05, 0) is 26.1 Å². The molecule has 0 saturated carbocycles. The Labute approximate surface area is 106 Å². The molecule has 0 aliphatic carbocycles. The highest BCUT2D eigenvalue weighted by Crippen LogP contribution is 2.17. The minimum atomic E-state index is -1.03. The van der Waals surface area contributed by atoms with Gasteiger partial charge in [0, 0.05) is 26.2 Å². The highest BCUT2D eigenvalue weighted by atomic mass is 16.4. The lowest BCUT2D eigenvalue weighted by Crippen LogP contribution is -2.51. The maximum absolute atomic E-state index is 10.7. The zero-order chi connectivity index (χ0) is 13.1. The van der Waals surface area contributed by atoms with Gasteiger partial charge < -0.3 is 14.4 Å². The molecule has 18 heavy (non-hydrogen) atoms. The first-order valence-corrected chi connectivity index (χ1v) is 6.09. The Hall–Kier alpha value is -1.37. The Morgan fingerprint density at radius 2 is 2.06 bits per heavy atom. The molecule has 2 N–H and O–H groups in total. The van der Waals surface area contributed by atoms with E-state index in [-0.39, 0.29) is 11.8 Å². The number of carboxylic acids is 1. The second-order valence-corrected chi connectivity index (χ2v) is 4.65. The third-order valence-corrected chi connectivity index (χ3v) is 3.14. The van der Waals surface area contributed by atoms with Crippen molar-refractivity contribution in [2.24, 2.45) is 0 Å². The summed E-state index contributed by atoms with van der Waals surface area (Å²) in [5, 5.41) is 10.9. The Morgan fingerprint density at radius 3 is 2.61 bits per heavy atom. The van der Waals surface area contributed by atoms with Crippen LogP contribution in [0.5, 0.6) is 0 Å². The molecule has 1 atom stereocenters. The molecule has 1 fully saturated rings. The highest BCUT2D eigenvalue weighted by molar-refractivity contribution is 5.84. The van der Waals surface area contributed by atoms with Crippen LogP contribution in [-0.4, -0.2) is 54.2 Å². The van der Waals surface area contributed by atoms with Crippen molar-refractivity contribution < 1.29 is 14.3 Å². The second kappa shape index (κ2) is 5.51. The molecule has 100 valence electrons. The lowest BCUT2D eigenvalue weighted by atomic mass is 10.2. The van der Waals surface area contributed by atoms with Gasteiger partial charge in [-0.15, -0.1) is 0 Å². The molecule has 6 heteroatoms. The molecule has 1 aromatic heterocycles. The summed E-state index contributed by atoms with van der Waals surface area (Å²) in [5.41, 5.74) is 3.33. The third-order valence-electron chi connectivity index (χ3n) is 3.14. The first-order chi connectivity index (χ1) is 8.56. The number of hydrogen-bond donors (Lipinski definition) is 2. The van der Waals surface area contributed by atoms with Crippen LogP contribution in [-0.2, 0) is 0 Å². The van der Waals surface area contributed by atoms with E-state index in [1.165, 1.54) is 6.07 Å². The minimum absolute atomic E-state index is 0.0166. The molecule has 6 nitrogen and oxygen atoms in total. The molecule has 2 heterocycles. The van der Waals surface area contributed by atoms with Crippen molar-refractivity contribution in [1.82, 2.24) is 15.3 Å². The van der Waals surface area contributed by atoms with Crippen LogP contribution in [0.1, 0.15) is 29.3 Å². The summed E-state index contributed by atoms with van der Waals surface area (Å²) in [4.78, 5) is 13.0. The molecule has 0 radical (unpaired) electrons. The van der Waals surface area contributed by atoms with Gasteiger partial charge in [-0.3, -0.25) is 0 Å². The van der Waals surface area contributed by atoms with Gasteiger partial charge in [-0.25, -0.2) is 15.2 Å². The molecule has 0 aromatic carbocycles. The van der Waals surface area contributed by atoms with Crippen LogP contribution in [0.2, 0.25) is 0 Å². The van der Waals surface area contributed by atoms with Gasteiger partial charge in [-0.2, -0.15) is 0 Å². The second-order valence-electron chi connectivity index (χ2n) is 4.65. The number of carboxylic acid groups (broad SMARTS) is 1. The number of likely N-dealkylation sites (N-methyl/N-ethyl adjacent to an activating group) is 1. The van der Waals surface area contributed by atoms with Crippen molar-refractivity contribution >= 4 is 5.97 Å². The summed E-state index contributed by atoms with van der Waals surface area (Å²) in [6, 6.07) is 3.17. The molecule has 1 saturated heterocycles. The highest BCUT2D eigenvalue weighted by Gasteiger charge is 2.19. The van der Waals surface area contributed by atoms with Gasteiger partial charge in [0.25, 0.3) is 0 Å². The predicted octanol–water partition coefficient (Wildman–Crippen LogP) is 0.791. The molecule has 0 amide bonds. The molecule has 0 bridgehead atoms. The first-order valence-electron chi connectivity index (χ1n) is 6.09.